The van der Waals surface area contributed by atoms with Gasteiger partial charge in [0.05, 0.1) is 0 Å². The lowest BCUT2D eigenvalue weighted by Gasteiger charge is -2.27. The van der Waals surface area contributed by atoms with Crippen LogP contribution in [0.15, 0.2) is 12.1 Å². The van der Waals surface area contributed by atoms with E-state index in [0.29, 0.717) is 5.56 Å². The second kappa shape index (κ2) is 5.66. The van der Waals surface area contributed by atoms with E-state index in [1.165, 1.54) is 0 Å². The van der Waals surface area contributed by atoms with E-state index < -0.39 is 6.04 Å². The molecule has 21 heavy (non-hydrogen) atoms. The zero-order chi connectivity index (χ0) is 16.6. The first-order valence-electron chi connectivity index (χ1n) is 7.34. The Morgan fingerprint density at radius 3 is 2.05 bits per heavy atom. The zero-order valence-corrected chi connectivity index (χ0v) is 14.2. The Hall–Kier alpha value is -1.58. The number of phenolic OH excluding ortho intramolecular Hbond substituents is 1. The maximum atomic E-state index is 10.9. The highest BCUT2D eigenvalue weighted by Gasteiger charge is 2.26. The molecule has 1 aromatic carbocycles. The van der Waals surface area contributed by atoms with Crippen molar-refractivity contribution in [3.8, 4) is 5.75 Å². The minimum absolute atomic E-state index is 0.0691. The van der Waals surface area contributed by atoms with Gasteiger partial charge in [0.15, 0.2) is 0 Å². The number of hydrogen-bond donors (Lipinski definition) is 1. The fraction of sp³-hybridized carbons (Fsp3) is 0.647. The van der Waals surface area contributed by atoms with Crippen LogP contribution in [-0.4, -0.2) is 16.1 Å². The van der Waals surface area contributed by atoms with Crippen LogP contribution < -0.4 is 0 Å². The SMILES string of the molecule is CC(Cc1cc(C(C)(C)C)cc(C(C)(C)C)c1O)[N+](=O)[O-]. The van der Waals surface area contributed by atoms with Gasteiger partial charge in [-0.3, -0.25) is 10.1 Å². The number of nitrogens with zero attached hydrogens (tertiary/aromatic N) is 1. The van der Waals surface area contributed by atoms with Gasteiger partial charge in [0.1, 0.15) is 5.75 Å². The Labute approximate surface area is 127 Å². The topological polar surface area (TPSA) is 63.4 Å². The summed E-state index contributed by atoms with van der Waals surface area (Å²) in [4.78, 5) is 10.6. The molecule has 0 fully saturated rings. The molecule has 0 saturated carbocycles. The first-order valence-corrected chi connectivity index (χ1v) is 7.34. The van der Waals surface area contributed by atoms with Gasteiger partial charge < -0.3 is 5.11 Å². The number of benzene rings is 1. The third-order valence-electron chi connectivity index (χ3n) is 3.74. The van der Waals surface area contributed by atoms with Crippen molar-refractivity contribution < 1.29 is 10.0 Å². The lowest BCUT2D eigenvalue weighted by molar-refractivity contribution is -0.517. The molecule has 1 N–H and O–H groups in total. The van der Waals surface area contributed by atoms with Crippen molar-refractivity contribution in [2.45, 2.75) is 71.8 Å². The van der Waals surface area contributed by atoms with Gasteiger partial charge in [-0.2, -0.15) is 0 Å². The van der Waals surface area contributed by atoms with Crippen molar-refractivity contribution in [2.75, 3.05) is 0 Å². The Morgan fingerprint density at radius 2 is 1.67 bits per heavy atom. The standard InChI is InChI=1S/C17H27NO3/c1-11(18(20)21)8-12-9-13(16(2,3)4)10-14(15(12)19)17(5,6)7/h9-11,19H,8H2,1-7H3. The summed E-state index contributed by atoms with van der Waals surface area (Å²) in [5.74, 6) is 0.198. The third-order valence-corrected chi connectivity index (χ3v) is 3.74. The number of nitro groups is 1. The van der Waals surface area contributed by atoms with Gasteiger partial charge >= 0.3 is 0 Å². The highest BCUT2D eigenvalue weighted by Crippen LogP contribution is 2.38. The minimum Gasteiger partial charge on any atom is -0.507 e. The van der Waals surface area contributed by atoms with Crippen LogP contribution in [0, 0.1) is 10.1 Å². The predicted molar refractivity (Wildman–Crippen MR) is 85.7 cm³/mol. The third kappa shape index (κ3) is 4.19. The van der Waals surface area contributed by atoms with Gasteiger partial charge in [0.25, 0.3) is 0 Å². The molecule has 4 nitrogen and oxygen atoms in total. The van der Waals surface area contributed by atoms with Crippen LogP contribution in [-0.2, 0) is 17.3 Å². The van der Waals surface area contributed by atoms with Crippen LogP contribution in [0.1, 0.15) is 65.2 Å². The summed E-state index contributed by atoms with van der Waals surface area (Å²) in [6.45, 7) is 14.0. The summed E-state index contributed by atoms with van der Waals surface area (Å²) in [5, 5.41) is 21.4. The summed E-state index contributed by atoms with van der Waals surface area (Å²) in [6.07, 6.45) is 0.242. The van der Waals surface area contributed by atoms with E-state index in [0.717, 1.165) is 11.1 Å². The Kier molecular flexibility index (Phi) is 4.71. The number of hydrogen-bond acceptors (Lipinski definition) is 3. The van der Waals surface area contributed by atoms with Crippen LogP contribution >= 0.6 is 0 Å². The van der Waals surface area contributed by atoms with Crippen LogP contribution in [0.2, 0.25) is 0 Å². The van der Waals surface area contributed by atoms with E-state index in [2.05, 4.69) is 20.8 Å². The summed E-state index contributed by atoms with van der Waals surface area (Å²) >= 11 is 0. The van der Waals surface area contributed by atoms with Crippen LogP contribution in [0.3, 0.4) is 0 Å². The van der Waals surface area contributed by atoms with Gasteiger partial charge in [-0.15, -0.1) is 0 Å². The number of rotatable bonds is 3. The van der Waals surface area contributed by atoms with E-state index in [1.54, 1.807) is 6.92 Å². The van der Waals surface area contributed by atoms with Crippen molar-refractivity contribution in [1.82, 2.24) is 0 Å². The molecule has 1 rings (SSSR count). The van der Waals surface area contributed by atoms with Crippen molar-refractivity contribution in [2.24, 2.45) is 0 Å². The Bertz CT molecular complexity index is 536. The van der Waals surface area contributed by atoms with E-state index in [-0.39, 0.29) is 27.9 Å². The molecule has 0 aliphatic rings. The maximum Gasteiger partial charge on any atom is 0.214 e. The predicted octanol–water partition coefficient (Wildman–Crippen LogP) is 4.19. The highest BCUT2D eigenvalue weighted by atomic mass is 16.6. The zero-order valence-electron chi connectivity index (χ0n) is 14.2. The van der Waals surface area contributed by atoms with Gasteiger partial charge in [-0.25, -0.2) is 0 Å². The lowest BCUT2D eigenvalue weighted by Crippen LogP contribution is -2.21. The van der Waals surface area contributed by atoms with Gasteiger partial charge in [0, 0.05) is 23.8 Å². The van der Waals surface area contributed by atoms with Gasteiger partial charge in [-0.1, -0.05) is 53.7 Å². The fourth-order valence-corrected chi connectivity index (χ4v) is 2.25. The van der Waals surface area contributed by atoms with E-state index in [4.69, 9.17) is 0 Å². The first-order chi connectivity index (χ1) is 9.34. The molecule has 0 radical (unpaired) electrons. The number of aromatic hydroxyl groups is 1. The second-order valence-electron chi connectivity index (χ2n) is 7.87. The monoisotopic (exact) mass is 293 g/mol. The molecule has 1 atom stereocenters. The van der Waals surface area contributed by atoms with Crippen molar-refractivity contribution in [1.29, 1.82) is 0 Å². The molecule has 0 aromatic heterocycles. The quantitative estimate of drug-likeness (QED) is 0.671. The van der Waals surface area contributed by atoms with Gasteiger partial charge in [-0.05, 0) is 22.0 Å². The Morgan fingerprint density at radius 1 is 1.14 bits per heavy atom. The van der Waals surface area contributed by atoms with Crippen molar-refractivity contribution in [3.63, 3.8) is 0 Å². The minimum atomic E-state index is -0.709. The summed E-state index contributed by atoms with van der Waals surface area (Å²) in [6, 6.07) is 3.22. The molecule has 1 aromatic rings. The van der Waals surface area contributed by atoms with Crippen LogP contribution in [0.25, 0.3) is 0 Å². The number of phenols is 1. The van der Waals surface area contributed by atoms with Crippen molar-refractivity contribution in [3.05, 3.63) is 38.9 Å². The molecular formula is C17H27NO3. The largest absolute Gasteiger partial charge is 0.507 e. The second-order valence-corrected chi connectivity index (χ2v) is 7.87. The smallest absolute Gasteiger partial charge is 0.214 e. The molecule has 0 amide bonds. The van der Waals surface area contributed by atoms with E-state index in [9.17, 15) is 15.2 Å². The van der Waals surface area contributed by atoms with Crippen LogP contribution in [0.5, 0.6) is 5.75 Å². The molecular weight excluding hydrogens is 266 g/mol. The summed E-state index contributed by atoms with van der Waals surface area (Å²) in [5.41, 5.74) is 2.32. The molecule has 0 bridgehead atoms. The molecule has 0 aliphatic carbocycles. The van der Waals surface area contributed by atoms with E-state index in [1.807, 2.05) is 32.9 Å². The first kappa shape index (κ1) is 17.5. The van der Waals surface area contributed by atoms with Crippen molar-refractivity contribution >= 4 is 0 Å². The van der Waals surface area contributed by atoms with Crippen LogP contribution in [0.4, 0.5) is 0 Å². The molecule has 4 heteroatoms. The normalized spacial score (nSPS) is 14.0. The average molecular weight is 293 g/mol. The van der Waals surface area contributed by atoms with E-state index >= 15 is 0 Å². The molecule has 0 aliphatic heterocycles. The fourth-order valence-electron chi connectivity index (χ4n) is 2.25. The summed E-state index contributed by atoms with van der Waals surface area (Å²) in [7, 11) is 0. The molecule has 1 unspecified atom stereocenters. The lowest BCUT2D eigenvalue weighted by atomic mass is 9.78. The Balaban J connectivity index is 3.45. The molecule has 0 heterocycles. The maximum absolute atomic E-state index is 10.9. The molecule has 0 spiro atoms. The molecule has 0 saturated heterocycles. The molecule has 118 valence electrons. The van der Waals surface area contributed by atoms with Gasteiger partial charge in [0.2, 0.25) is 6.04 Å². The summed E-state index contributed by atoms with van der Waals surface area (Å²) < 4.78 is 0. The highest BCUT2D eigenvalue weighted by molar-refractivity contribution is 5.48. The average Bonchev–Trinajstić information content (AvgIpc) is 2.28.